The minimum atomic E-state index is -3.95. The maximum absolute atomic E-state index is 13.7. The van der Waals surface area contributed by atoms with Gasteiger partial charge in [0.05, 0.1) is 4.90 Å². The molecule has 2 aromatic carbocycles. The van der Waals surface area contributed by atoms with E-state index in [4.69, 9.17) is 0 Å². The molecule has 2 N–H and O–H groups in total. The van der Waals surface area contributed by atoms with Crippen molar-refractivity contribution in [2.75, 3.05) is 30.9 Å². The van der Waals surface area contributed by atoms with E-state index in [2.05, 4.69) is 10.0 Å². The standard InChI is InChI=1S/C19H22FN3O3S.ClH/c1-14-6-7-17(13-18(14)20)27(25,26)22-16-5-2-4-15(12-16)19(24)23-10-3-8-21-9-11-23;/h2,4-7,12-13,21-22H,3,8-11H2,1H3;1H. The van der Waals surface area contributed by atoms with Crippen LogP contribution in [0.1, 0.15) is 22.3 Å². The lowest BCUT2D eigenvalue weighted by Gasteiger charge is -2.20. The molecule has 28 heavy (non-hydrogen) atoms. The van der Waals surface area contributed by atoms with E-state index >= 15 is 0 Å². The molecule has 2 aromatic rings. The fraction of sp³-hybridized carbons (Fsp3) is 0.316. The van der Waals surface area contributed by atoms with Crippen LogP contribution in [0.5, 0.6) is 0 Å². The number of amides is 1. The average Bonchev–Trinajstić information content (AvgIpc) is 2.92. The summed E-state index contributed by atoms with van der Waals surface area (Å²) in [6.45, 7) is 4.43. The fourth-order valence-corrected chi connectivity index (χ4v) is 3.96. The summed E-state index contributed by atoms with van der Waals surface area (Å²) in [4.78, 5) is 14.3. The third-order valence-electron chi connectivity index (χ3n) is 4.44. The third kappa shape index (κ3) is 5.21. The Hall–Kier alpha value is -2.16. The Morgan fingerprint density at radius 2 is 1.93 bits per heavy atom. The zero-order valence-corrected chi connectivity index (χ0v) is 17.1. The van der Waals surface area contributed by atoms with E-state index in [0.29, 0.717) is 24.2 Å². The zero-order valence-electron chi connectivity index (χ0n) is 15.4. The van der Waals surface area contributed by atoms with Gasteiger partial charge in [-0.3, -0.25) is 9.52 Å². The quantitative estimate of drug-likeness (QED) is 0.786. The number of hydrogen-bond acceptors (Lipinski definition) is 4. The average molecular weight is 428 g/mol. The van der Waals surface area contributed by atoms with Crippen molar-refractivity contribution < 1.29 is 17.6 Å². The number of sulfonamides is 1. The van der Waals surface area contributed by atoms with E-state index in [9.17, 15) is 17.6 Å². The van der Waals surface area contributed by atoms with Crippen LogP contribution in [0.3, 0.4) is 0 Å². The predicted octanol–water partition coefficient (Wildman–Crippen LogP) is 2.79. The molecule has 1 amide bonds. The molecular weight excluding hydrogens is 405 g/mol. The number of benzene rings is 2. The van der Waals surface area contributed by atoms with Gasteiger partial charge in [0, 0.05) is 30.9 Å². The molecule has 0 unspecified atom stereocenters. The molecule has 0 aliphatic carbocycles. The number of rotatable bonds is 4. The number of carbonyl (C=O) groups is 1. The minimum Gasteiger partial charge on any atom is -0.337 e. The van der Waals surface area contributed by atoms with Gasteiger partial charge in [0.25, 0.3) is 15.9 Å². The molecule has 0 radical (unpaired) electrons. The maximum Gasteiger partial charge on any atom is 0.261 e. The fourth-order valence-electron chi connectivity index (χ4n) is 2.90. The van der Waals surface area contributed by atoms with Gasteiger partial charge in [0.15, 0.2) is 0 Å². The van der Waals surface area contributed by atoms with E-state index in [-0.39, 0.29) is 28.9 Å². The summed E-state index contributed by atoms with van der Waals surface area (Å²) < 4.78 is 41.1. The number of halogens is 2. The van der Waals surface area contributed by atoms with Crippen LogP contribution in [0.25, 0.3) is 0 Å². The summed E-state index contributed by atoms with van der Waals surface area (Å²) in [6.07, 6.45) is 0.872. The molecule has 0 saturated carbocycles. The Morgan fingerprint density at radius 1 is 1.14 bits per heavy atom. The van der Waals surface area contributed by atoms with Gasteiger partial charge in [-0.15, -0.1) is 12.4 Å². The highest BCUT2D eigenvalue weighted by Crippen LogP contribution is 2.20. The monoisotopic (exact) mass is 427 g/mol. The predicted molar refractivity (Wildman–Crippen MR) is 109 cm³/mol. The van der Waals surface area contributed by atoms with Crippen LogP contribution in [-0.2, 0) is 10.0 Å². The van der Waals surface area contributed by atoms with Crippen molar-refractivity contribution in [3.63, 3.8) is 0 Å². The second-order valence-corrected chi connectivity index (χ2v) is 8.18. The summed E-state index contributed by atoms with van der Waals surface area (Å²) >= 11 is 0. The van der Waals surface area contributed by atoms with Gasteiger partial charge in [0.2, 0.25) is 0 Å². The highest BCUT2D eigenvalue weighted by atomic mass is 35.5. The summed E-state index contributed by atoms with van der Waals surface area (Å²) in [7, 11) is -3.95. The SMILES string of the molecule is Cc1ccc(S(=O)(=O)Nc2cccc(C(=O)N3CCCNCC3)c2)cc1F.Cl. The van der Waals surface area contributed by atoms with Crippen LogP contribution in [-0.4, -0.2) is 45.4 Å². The van der Waals surface area contributed by atoms with Gasteiger partial charge < -0.3 is 10.2 Å². The Balaban J connectivity index is 0.00000280. The van der Waals surface area contributed by atoms with Crippen molar-refractivity contribution in [2.45, 2.75) is 18.2 Å². The molecule has 6 nitrogen and oxygen atoms in total. The smallest absolute Gasteiger partial charge is 0.261 e. The van der Waals surface area contributed by atoms with Gasteiger partial charge in [-0.1, -0.05) is 12.1 Å². The summed E-state index contributed by atoms with van der Waals surface area (Å²) in [5.74, 6) is -0.724. The number of anilines is 1. The molecule has 1 heterocycles. The normalized spacial score (nSPS) is 14.7. The summed E-state index contributed by atoms with van der Waals surface area (Å²) in [5, 5.41) is 3.24. The Bertz CT molecular complexity index is 945. The molecule has 0 aromatic heterocycles. The second kappa shape index (κ2) is 9.36. The molecule has 3 rings (SSSR count). The summed E-state index contributed by atoms with van der Waals surface area (Å²) in [5.41, 5.74) is 1.04. The van der Waals surface area contributed by atoms with E-state index in [1.54, 1.807) is 30.0 Å². The molecule has 0 atom stereocenters. The molecule has 0 spiro atoms. The van der Waals surface area contributed by atoms with E-state index < -0.39 is 15.8 Å². The van der Waals surface area contributed by atoms with Crippen molar-refractivity contribution in [3.8, 4) is 0 Å². The molecule has 152 valence electrons. The van der Waals surface area contributed by atoms with Crippen LogP contribution < -0.4 is 10.0 Å². The number of nitrogens with zero attached hydrogens (tertiary/aromatic N) is 1. The molecular formula is C19H23ClFN3O3S. The lowest BCUT2D eigenvalue weighted by atomic mass is 10.1. The van der Waals surface area contributed by atoms with Crippen molar-refractivity contribution in [3.05, 3.63) is 59.4 Å². The van der Waals surface area contributed by atoms with E-state index in [0.717, 1.165) is 25.6 Å². The number of hydrogen-bond donors (Lipinski definition) is 2. The molecule has 1 saturated heterocycles. The van der Waals surface area contributed by atoms with E-state index in [1.807, 2.05) is 0 Å². The van der Waals surface area contributed by atoms with Crippen molar-refractivity contribution in [1.82, 2.24) is 10.2 Å². The van der Waals surface area contributed by atoms with Crippen molar-refractivity contribution >= 4 is 34.0 Å². The van der Waals surface area contributed by atoms with Crippen molar-refractivity contribution in [2.24, 2.45) is 0 Å². The topological polar surface area (TPSA) is 78.5 Å². The van der Waals surface area contributed by atoms with Crippen LogP contribution >= 0.6 is 12.4 Å². The first-order chi connectivity index (χ1) is 12.9. The first-order valence-electron chi connectivity index (χ1n) is 8.76. The Kier molecular flexibility index (Phi) is 7.40. The van der Waals surface area contributed by atoms with Crippen LogP contribution in [0, 0.1) is 12.7 Å². The number of nitrogens with one attached hydrogen (secondary N) is 2. The lowest BCUT2D eigenvalue weighted by Crippen LogP contribution is -2.34. The Morgan fingerprint density at radius 3 is 2.68 bits per heavy atom. The van der Waals surface area contributed by atoms with Gasteiger partial charge in [-0.25, -0.2) is 12.8 Å². The highest BCUT2D eigenvalue weighted by Gasteiger charge is 2.19. The number of aryl methyl sites for hydroxylation is 1. The minimum absolute atomic E-state index is 0. The third-order valence-corrected chi connectivity index (χ3v) is 5.82. The molecule has 1 aliphatic rings. The first-order valence-corrected chi connectivity index (χ1v) is 10.2. The molecule has 1 fully saturated rings. The maximum atomic E-state index is 13.7. The zero-order chi connectivity index (χ0) is 19.4. The number of carbonyl (C=O) groups excluding carboxylic acids is 1. The van der Waals surface area contributed by atoms with Crippen LogP contribution in [0.2, 0.25) is 0 Å². The largest absolute Gasteiger partial charge is 0.337 e. The van der Waals surface area contributed by atoms with Gasteiger partial charge in [-0.2, -0.15) is 0 Å². The van der Waals surface area contributed by atoms with Crippen molar-refractivity contribution in [1.29, 1.82) is 0 Å². The highest BCUT2D eigenvalue weighted by molar-refractivity contribution is 7.92. The van der Waals surface area contributed by atoms with Crippen LogP contribution in [0.4, 0.5) is 10.1 Å². The molecule has 0 bridgehead atoms. The lowest BCUT2D eigenvalue weighted by molar-refractivity contribution is 0.0766. The second-order valence-electron chi connectivity index (χ2n) is 6.49. The van der Waals surface area contributed by atoms with Gasteiger partial charge in [-0.05, 0) is 55.8 Å². The Labute approximate surface area is 170 Å². The van der Waals surface area contributed by atoms with Crippen LogP contribution in [0.15, 0.2) is 47.4 Å². The molecule has 1 aliphatic heterocycles. The van der Waals surface area contributed by atoms with Gasteiger partial charge in [0.1, 0.15) is 5.82 Å². The molecule has 9 heteroatoms. The first kappa shape index (κ1) is 22.1. The summed E-state index contributed by atoms with van der Waals surface area (Å²) in [6, 6.07) is 10.1. The van der Waals surface area contributed by atoms with Gasteiger partial charge >= 0.3 is 0 Å². The van der Waals surface area contributed by atoms with E-state index in [1.165, 1.54) is 18.2 Å².